The highest BCUT2D eigenvalue weighted by Crippen LogP contribution is 2.16. The Morgan fingerprint density at radius 2 is 2.00 bits per heavy atom. The summed E-state index contributed by atoms with van der Waals surface area (Å²) in [5.74, 6) is 2.57. The van der Waals surface area contributed by atoms with Crippen molar-refractivity contribution in [2.24, 2.45) is 10.9 Å². The second-order valence-electron chi connectivity index (χ2n) is 8.42. The van der Waals surface area contributed by atoms with E-state index in [-0.39, 0.29) is 24.0 Å². The van der Waals surface area contributed by atoms with Crippen LogP contribution >= 0.6 is 24.0 Å². The molecule has 182 valence electrons. The van der Waals surface area contributed by atoms with Gasteiger partial charge >= 0.3 is 0 Å². The highest BCUT2D eigenvalue weighted by molar-refractivity contribution is 14.0. The van der Waals surface area contributed by atoms with E-state index >= 15 is 0 Å². The summed E-state index contributed by atoms with van der Waals surface area (Å²) >= 11 is 0. The van der Waals surface area contributed by atoms with Crippen molar-refractivity contribution in [1.82, 2.24) is 20.5 Å². The van der Waals surface area contributed by atoms with E-state index < -0.39 is 0 Å². The summed E-state index contributed by atoms with van der Waals surface area (Å²) in [5.41, 5.74) is 1.18. The van der Waals surface area contributed by atoms with Crippen LogP contribution in [0.3, 0.4) is 0 Å². The lowest BCUT2D eigenvalue weighted by atomic mass is 10.0. The van der Waals surface area contributed by atoms with Crippen LogP contribution in [0.1, 0.15) is 31.7 Å². The van der Waals surface area contributed by atoms with Crippen molar-refractivity contribution >= 4 is 35.8 Å². The van der Waals surface area contributed by atoms with E-state index in [9.17, 15) is 0 Å². The van der Waals surface area contributed by atoms with Gasteiger partial charge in [-0.25, -0.2) is 9.98 Å². The van der Waals surface area contributed by atoms with E-state index in [0.29, 0.717) is 12.5 Å². The Hall–Kier alpha value is -1.17. The number of guanidine groups is 1. The van der Waals surface area contributed by atoms with Gasteiger partial charge in [0.15, 0.2) is 5.96 Å². The Bertz CT molecular complexity index is 664. The van der Waals surface area contributed by atoms with E-state index in [1.807, 2.05) is 6.20 Å². The molecule has 3 heterocycles. The summed E-state index contributed by atoms with van der Waals surface area (Å²) in [7, 11) is 2.17. The molecular formula is C23H41IN6O2. The van der Waals surface area contributed by atoms with Crippen molar-refractivity contribution < 1.29 is 9.47 Å². The average molecular weight is 561 g/mol. The zero-order valence-corrected chi connectivity index (χ0v) is 22.1. The van der Waals surface area contributed by atoms with Crippen LogP contribution in [-0.2, 0) is 16.0 Å². The molecule has 2 saturated heterocycles. The normalized spacial score (nSPS) is 18.3. The number of halogens is 1. The molecule has 2 N–H and O–H groups in total. The van der Waals surface area contributed by atoms with Crippen LogP contribution in [0, 0.1) is 5.92 Å². The highest BCUT2D eigenvalue weighted by atomic mass is 127. The molecule has 2 fully saturated rings. The molecule has 0 spiro atoms. The Kier molecular flexibility index (Phi) is 13.2. The molecule has 0 aliphatic carbocycles. The standard InChI is InChI=1S/C23H40N6O2.HI/c1-3-24-23(26-8-4-14-31-19-20-6-15-30-16-7-20)27-18-21-5-9-25-22(17-21)29-12-10-28(2)11-13-29;/h5,9,17,20H,3-4,6-8,10-16,18-19H2,1-2H3,(H2,24,26,27);1H. The second kappa shape index (κ2) is 15.6. The van der Waals surface area contributed by atoms with Crippen molar-refractivity contribution in [1.29, 1.82) is 0 Å². The van der Waals surface area contributed by atoms with Gasteiger partial charge in [0.1, 0.15) is 5.82 Å². The van der Waals surface area contributed by atoms with Crippen LogP contribution in [-0.4, -0.2) is 88.6 Å². The number of pyridine rings is 1. The van der Waals surface area contributed by atoms with Crippen molar-refractivity contribution in [2.45, 2.75) is 32.7 Å². The summed E-state index contributed by atoms with van der Waals surface area (Å²) in [4.78, 5) is 14.0. The summed E-state index contributed by atoms with van der Waals surface area (Å²) in [5, 5.41) is 6.75. The van der Waals surface area contributed by atoms with Gasteiger partial charge in [-0.15, -0.1) is 24.0 Å². The first-order valence-corrected chi connectivity index (χ1v) is 11.8. The molecule has 9 heteroatoms. The molecule has 3 rings (SSSR count). The summed E-state index contributed by atoms with van der Waals surface area (Å²) in [6.07, 6.45) is 5.12. The number of likely N-dealkylation sites (N-methyl/N-ethyl adjacent to an activating group) is 1. The summed E-state index contributed by atoms with van der Waals surface area (Å²) in [6, 6.07) is 4.22. The minimum Gasteiger partial charge on any atom is -0.381 e. The van der Waals surface area contributed by atoms with Gasteiger partial charge in [0.05, 0.1) is 6.54 Å². The van der Waals surface area contributed by atoms with Gasteiger partial charge in [-0.2, -0.15) is 0 Å². The molecule has 32 heavy (non-hydrogen) atoms. The molecule has 2 aliphatic rings. The molecule has 1 aromatic rings. The highest BCUT2D eigenvalue weighted by Gasteiger charge is 2.15. The topological polar surface area (TPSA) is 74.3 Å². The van der Waals surface area contributed by atoms with Crippen molar-refractivity contribution in [3.05, 3.63) is 23.9 Å². The van der Waals surface area contributed by atoms with Crippen LogP contribution in [0.5, 0.6) is 0 Å². The first-order chi connectivity index (χ1) is 15.2. The third-order valence-electron chi connectivity index (χ3n) is 5.85. The number of aliphatic imine (C=N–C) groups is 1. The molecule has 1 aromatic heterocycles. The lowest BCUT2D eigenvalue weighted by Crippen LogP contribution is -2.44. The monoisotopic (exact) mass is 560 g/mol. The minimum atomic E-state index is 0. The minimum absolute atomic E-state index is 0. The predicted octanol–water partition coefficient (Wildman–Crippen LogP) is 2.34. The summed E-state index contributed by atoms with van der Waals surface area (Å²) < 4.78 is 11.2. The number of ether oxygens (including phenoxy) is 2. The van der Waals surface area contributed by atoms with Gasteiger partial charge in [0.25, 0.3) is 0 Å². The number of anilines is 1. The fourth-order valence-electron chi connectivity index (χ4n) is 3.82. The number of hydrogen-bond donors (Lipinski definition) is 2. The molecular weight excluding hydrogens is 519 g/mol. The number of nitrogens with one attached hydrogen (secondary N) is 2. The fourth-order valence-corrected chi connectivity index (χ4v) is 3.82. The molecule has 0 unspecified atom stereocenters. The average Bonchev–Trinajstić information content (AvgIpc) is 2.81. The van der Waals surface area contributed by atoms with Gasteiger partial charge in [-0.1, -0.05) is 0 Å². The largest absolute Gasteiger partial charge is 0.381 e. The molecule has 0 saturated carbocycles. The Balaban J connectivity index is 0.00000363. The quantitative estimate of drug-likeness (QED) is 0.197. The second-order valence-corrected chi connectivity index (χ2v) is 8.42. The lowest BCUT2D eigenvalue weighted by molar-refractivity contribution is 0.0203. The molecule has 0 atom stereocenters. The summed E-state index contributed by atoms with van der Waals surface area (Å²) in [6.45, 7) is 12.0. The number of nitrogens with zero attached hydrogens (tertiary/aromatic N) is 4. The first-order valence-electron chi connectivity index (χ1n) is 11.8. The van der Waals surface area contributed by atoms with Gasteiger partial charge in [-0.05, 0) is 56.8 Å². The maximum absolute atomic E-state index is 5.85. The molecule has 2 aliphatic heterocycles. The van der Waals surface area contributed by atoms with E-state index in [2.05, 4.69) is 51.5 Å². The van der Waals surface area contributed by atoms with Gasteiger partial charge in [0, 0.05) is 71.9 Å². The number of aromatic nitrogens is 1. The zero-order valence-electron chi connectivity index (χ0n) is 19.7. The molecule has 0 aromatic carbocycles. The van der Waals surface area contributed by atoms with Crippen LogP contribution < -0.4 is 15.5 Å². The Labute approximate surface area is 210 Å². The van der Waals surface area contributed by atoms with Crippen molar-refractivity contribution in [2.75, 3.05) is 77.6 Å². The van der Waals surface area contributed by atoms with Gasteiger partial charge in [0.2, 0.25) is 0 Å². The van der Waals surface area contributed by atoms with E-state index in [0.717, 1.165) is 96.7 Å². The van der Waals surface area contributed by atoms with Crippen LogP contribution in [0.25, 0.3) is 0 Å². The first kappa shape index (κ1) is 27.1. The maximum Gasteiger partial charge on any atom is 0.191 e. The van der Waals surface area contributed by atoms with Gasteiger partial charge in [-0.3, -0.25) is 0 Å². The van der Waals surface area contributed by atoms with E-state index in [1.165, 1.54) is 5.56 Å². The molecule has 0 bridgehead atoms. The Morgan fingerprint density at radius 1 is 1.22 bits per heavy atom. The fraction of sp³-hybridized carbons (Fsp3) is 0.739. The Morgan fingerprint density at radius 3 is 2.75 bits per heavy atom. The van der Waals surface area contributed by atoms with Gasteiger partial charge < -0.3 is 29.9 Å². The van der Waals surface area contributed by atoms with Crippen molar-refractivity contribution in [3.8, 4) is 0 Å². The predicted molar refractivity (Wildman–Crippen MR) is 141 cm³/mol. The number of rotatable bonds is 10. The van der Waals surface area contributed by atoms with Crippen LogP contribution in [0.15, 0.2) is 23.3 Å². The smallest absolute Gasteiger partial charge is 0.191 e. The SMILES string of the molecule is CCNC(=NCc1ccnc(N2CCN(C)CC2)c1)NCCCOCC1CCOCC1.I. The maximum atomic E-state index is 5.85. The third kappa shape index (κ3) is 9.76. The zero-order chi connectivity index (χ0) is 21.7. The lowest BCUT2D eigenvalue weighted by Gasteiger charge is -2.33. The number of piperazine rings is 1. The number of hydrogen-bond acceptors (Lipinski definition) is 6. The third-order valence-corrected chi connectivity index (χ3v) is 5.85. The van der Waals surface area contributed by atoms with Crippen LogP contribution in [0.4, 0.5) is 5.82 Å². The molecule has 8 nitrogen and oxygen atoms in total. The molecule has 0 radical (unpaired) electrons. The van der Waals surface area contributed by atoms with E-state index in [1.54, 1.807) is 0 Å². The van der Waals surface area contributed by atoms with Crippen molar-refractivity contribution in [3.63, 3.8) is 0 Å². The van der Waals surface area contributed by atoms with Crippen LogP contribution in [0.2, 0.25) is 0 Å². The van der Waals surface area contributed by atoms with E-state index in [4.69, 9.17) is 14.5 Å². The molecule has 0 amide bonds.